The Morgan fingerprint density at radius 1 is 0.543 bits per heavy atom. The van der Waals surface area contributed by atoms with Gasteiger partial charge in [-0.2, -0.15) is 0 Å². The summed E-state index contributed by atoms with van der Waals surface area (Å²) in [6.45, 7) is 1.33. The third-order valence-corrected chi connectivity index (χ3v) is 8.53. The summed E-state index contributed by atoms with van der Waals surface area (Å²) in [5, 5.41) is 0. The Morgan fingerprint density at radius 3 is 1.29 bits per heavy atom. The van der Waals surface area contributed by atoms with E-state index in [2.05, 4.69) is 12.1 Å². The van der Waals surface area contributed by atoms with E-state index in [1.54, 1.807) is 48.5 Å². The van der Waals surface area contributed by atoms with Crippen LogP contribution in [0.4, 0.5) is 11.4 Å². The maximum atomic E-state index is 13.3. The highest BCUT2D eigenvalue weighted by Gasteiger charge is 2.27. The average Bonchev–Trinajstić information content (AvgIpc) is 3.41. The molecule has 2 heterocycles. The minimum absolute atomic E-state index is 0.240. The smallest absolute Gasteiger partial charge is 0.280 e. The fourth-order valence-corrected chi connectivity index (χ4v) is 6.09. The van der Waals surface area contributed by atoms with Crippen LogP contribution in [0.25, 0.3) is 0 Å². The van der Waals surface area contributed by atoms with Crippen molar-refractivity contribution in [3.8, 4) is 0 Å². The molecule has 4 aromatic carbocycles. The molecule has 0 bridgehead atoms. The lowest BCUT2D eigenvalue weighted by atomic mass is 10.1. The zero-order valence-electron chi connectivity index (χ0n) is 18.9. The SMILES string of the molecule is NC1=[N+](c2ccc(S(=O)(=O)c3ccc([N+]4=C(N)c5ccccc5C4)cc3)cc2)Cc2ccccc21. The Bertz CT molecular complexity index is 1530. The molecule has 0 saturated carbocycles. The summed E-state index contributed by atoms with van der Waals surface area (Å²) in [5.41, 5.74) is 18.8. The molecule has 0 fully saturated rings. The van der Waals surface area contributed by atoms with Gasteiger partial charge < -0.3 is 0 Å². The number of nitrogens with zero attached hydrogens (tertiary/aromatic N) is 2. The maximum Gasteiger partial charge on any atom is 0.280 e. The van der Waals surface area contributed by atoms with Crippen molar-refractivity contribution in [1.82, 2.24) is 0 Å². The molecule has 7 heteroatoms. The Balaban J connectivity index is 1.26. The summed E-state index contributed by atoms with van der Waals surface area (Å²) >= 11 is 0. The van der Waals surface area contributed by atoms with E-state index in [0.29, 0.717) is 24.8 Å². The highest BCUT2D eigenvalue weighted by atomic mass is 32.2. The minimum atomic E-state index is -3.67. The maximum absolute atomic E-state index is 13.3. The van der Waals surface area contributed by atoms with Gasteiger partial charge in [-0.05, 0) is 60.7 Å². The van der Waals surface area contributed by atoms with E-state index in [4.69, 9.17) is 11.5 Å². The van der Waals surface area contributed by atoms with Crippen LogP contribution in [0.1, 0.15) is 22.3 Å². The third-order valence-electron chi connectivity index (χ3n) is 6.74. The molecule has 4 aromatic rings. The molecule has 6 rings (SSSR count). The lowest BCUT2D eigenvalue weighted by molar-refractivity contribution is -0.453. The number of hydrogen-bond acceptors (Lipinski definition) is 4. The lowest BCUT2D eigenvalue weighted by Crippen LogP contribution is -2.20. The van der Waals surface area contributed by atoms with Gasteiger partial charge >= 0.3 is 0 Å². The second-order valence-electron chi connectivity index (χ2n) is 8.75. The molecule has 6 nitrogen and oxygen atoms in total. The van der Waals surface area contributed by atoms with Gasteiger partial charge in [-0.3, -0.25) is 11.5 Å². The summed E-state index contributed by atoms with van der Waals surface area (Å²) < 4.78 is 30.6. The predicted molar refractivity (Wildman–Crippen MR) is 135 cm³/mol. The fraction of sp³-hybridized carbons (Fsp3) is 0.0714. The first-order chi connectivity index (χ1) is 16.9. The zero-order valence-corrected chi connectivity index (χ0v) is 19.7. The second kappa shape index (κ2) is 7.92. The molecule has 0 spiro atoms. The molecule has 0 radical (unpaired) electrons. The normalized spacial score (nSPS) is 14.9. The lowest BCUT2D eigenvalue weighted by Gasteiger charge is -2.08. The van der Waals surface area contributed by atoms with Gasteiger partial charge in [-0.1, -0.05) is 36.4 Å². The standard InChI is InChI=1S/C28H22N4O2S/c29-27-25-7-3-1-5-19(25)17-31(27)21-9-13-23(14-10-21)35(33,34)24-15-11-22(12-16-24)32-18-20-6-2-4-8-26(20)28(32)30/h1-16,29-30H,17-18H2/p+2. The molecule has 0 atom stereocenters. The molecule has 0 aromatic heterocycles. The summed E-state index contributed by atoms with van der Waals surface area (Å²) in [5.74, 6) is 1.35. The van der Waals surface area contributed by atoms with E-state index in [1.165, 1.54) is 0 Å². The highest BCUT2D eigenvalue weighted by Crippen LogP contribution is 2.29. The predicted octanol–water partition coefficient (Wildman–Crippen LogP) is 3.65. The number of nitrogens with two attached hydrogens (primary N) is 2. The van der Waals surface area contributed by atoms with E-state index in [9.17, 15) is 8.42 Å². The van der Waals surface area contributed by atoms with Gasteiger partial charge in [-0.25, -0.2) is 17.6 Å². The van der Waals surface area contributed by atoms with Crippen molar-refractivity contribution in [2.24, 2.45) is 11.5 Å². The Hall–Kier alpha value is -4.23. The number of rotatable bonds is 4. The fourth-order valence-electron chi connectivity index (χ4n) is 4.83. The van der Waals surface area contributed by atoms with Crippen LogP contribution < -0.4 is 11.5 Å². The van der Waals surface area contributed by atoms with Crippen LogP contribution >= 0.6 is 0 Å². The number of benzene rings is 4. The van der Waals surface area contributed by atoms with Crippen LogP contribution in [0, 0.1) is 0 Å². The van der Waals surface area contributed by atoms with E-state index in [-0.39, 0.29) is 9.79 Å². The largest absolute Gasteiger partial charge is 0.286 e. The van der Waals surface area contributed by atoms with Crippen LogP contribution in [-0.2, 0) is 22.9 Å². The molecule has 0 unspecified atom stereocenters. The van der Waals surface area contributed by atoms with E-state index < -0.39 is 9.84 Å². The number of fused-ring (bicyclic) bond motifs is 2. The minimum Gasteiger partial charge on any atom is -0.286 e. The van der Waals surface area contributed by atoms with Crippen molar-refractivity contribution in [2.75, 3.05) is 0 Å². The van der Waals surface area contributed by atoms with Crippen LogP contribution in [-0.4, -0.2) is 29.2 Å². The summed E-state index contributed by atoms with van der Waals surface area (Å²) in [6, 6.07) is 29.8. The zero-order chi connectivity index (χ0) is 24.2. The Morgan fingerprint density at radius 2 is 0.914 bits per heavy atom. The van der Waals surface area contributed by atoms with E-state index in [1.807, 2.05) is 45.5 Å². The van der Waals surface area contributed by atoms with Crippen molar-refractivity contribution in [2.45, 2.75) is 22.9 Å². The molecule has 2 aliphatic rings. The monoisotopic (exact) mass is 480 g/mol. The first-order valence-corrected chi connectivity index (χ1v) is 12.8. The van der Waals surface area contributed by atoms with E-state index >= 15 is 0 Å². The summed E-state index contributed by atoms with van der Waals surface area (Å²) in [7, 11) is -3.67. The molecule has 0 saturated heterocycles. The van der Waals surface area contributed by atoms with Crippen LogP contribution in [0.15, 0.2) is 107 Å². The molecular weight excluding hydrogens is 456 g/mol. The van der Waals surface area contributed by atoms with Gasteiger partial charge in [-0.15, -0.1) is 0 Å². The van der Waals surface area contributed by atoms with Crippen LogP contribution in [0.5, 0.6) is 0 Å². The summed E-state index contributed by atoms with van der Waals surface area (Å²) in [6.07, 6.45) is 0. The molecule has 172 valence electrons. The average molecular weight is 481 g/mol. The first kappa shape index (κ1) is 21.3. The quantitative estimate of drug-likeness (QED) is 0.436. The van der Waals surface area contributed by atoms with Gasteiger partial charge in [0.2, 0.25) is 9.84 Å². The van der Waals surface area contributed by atoms with Crippen molar-refractivity contribution < 1.29 is 17.6 Å². The molecule has 0 aliphatic carbocycles. The van der Waals surface area contributed by atoms with Crippen molar-refractivity contribution in [1.29, 1.82) is 0 Å². The molecule has 2 aliphatic heterocycles. The van der Waals surface area contributed by atoms with Gasteiger partial charge in [0.05, 0.1) is 20.9 Å². The van der Waals surface area contributed by atoms with Gasteiger partial charge in [0.25, 0.3) is 11.7 Å². The Labute approximate surface area is 204 Å². The van der Waals surface area contributed by atoms with Gasteiger partial charge in [0, 0.05) is 11.1 Å². The van der Waals surface area contributed by atoms with Gasteiger partial charge in [0.1, 0.15) is 24.5 Å². The third kappa shape index (κ3) is 3.43. The molecule has 35 heavy (non-hydrogen) atoms. The number of hydrogen-bond donors (Lipinski definition) is 2. The van der Waals surface area contributed by atoms with Crippen LogP contribution in [0.3, 0.4) is 0 Å². The first-order valence-electron chi connectivity index (χ1n) is 11.4. The number of sulfone groups is 1. The number of amidine groups is 2. The molecule has 0 amide bonds. The van der Waals surface area contributed by atoms with Gasteiger partial charge in [0.15, 0.2) is 0 Å². The van der Waals surface area contributed by atoms with Crippen molar-refractivity contribution in [3.63, 3.8) is 0 Å². The van der Waals surface area contributed by atoms with E-state index in [0.717, 1.165) is 33.6 Å². The second-order valence-corrected chi connectivity index (χ2v) is 10.7. The van der Waals surface area contributed by atoms with Crippen LogP contribution in [0.2, 0.25) is 0 Å². The molecular formula is C28H24N4O2S+2. The summed E-state index contributed by atoms with van der Waals surface area (Å²) in [4.78, 5) is 0.480. The highest BCUT2D eigenvalue weighted by molar-refractivity contribution is 7.91. The Kier molecular flexibility index (Phi) is 4.82. The topological polar surface area (TPSA) is 92.2 Å². The van der Waals surface area contributed by atoms with Crippen molar-refractivity contribution >= 4 is 32.9 Å². The molecule has 4 N–H and O–H groups in total. The van der Waals surface area contributed by atoms with Crippen molar-refractivity contribution in [3.05, 3.63) is 119 Å².